The number of allylic oxidation sites excluding steroid dienone is 9. The van der Waals surface area contributed by atoms with Crippen LogP contribution in [0.4, 0.5) is 0 Å². The normalized spacial score (nSPS) is 12.8. The molecule has 0 saturated heterocycles. The minimum absolute atomic E-state index is 0.105. The van der Waals surface area contributed by atoms with Gasteiger partial charge in [0.15, 0.2) is 0 Å². The van der Waals surface area contributed by atoms with Crippen molar-refractivity contribution in [2.45, 2.75) is 45.4 Å². The fourth-order valence-corrected chi connectivity index (χ4v) is 1.43. The summed E-state index contributed by atoms with van der Waals surface area (Å²) < 4.78 is 0. The van der Waals surface area contributed by atoms with Gasteiger partial charge in [0.2, 0.25) is 0 Å². The second kappa shape index (κ2) is 15.2. The van der Waals surface area contributed by atoms with Crippen LogP contribution in [-0.2, 0) is 4.79 Å². The lowest BCUT2D eigenvalue weighted by molar-refractivity contribution is -0.136. The molecule has 0 unspecified atom stereocenters. The number of rotatable bonds is 11. The molecular weight excluding hydrogens is 248 g/mol. The number of aliphatic carboxylic acids is 1. The van der Waals surface area contributed by atoms with Gasteiger partial charge in [-0.15, -0.1) is 0 Å². The van der Waals surface area contributed by atoms with Gasteiger partial charge in [-0.2, -0.15) is 0 Å². The molecule has 0 saturated carbocycles. The first-order valence-electron chi connectivity index (χ1n) is 7.24. The molecule has 0 amide bonds. The molecule has 0 aliphatic rings. The molecule has 0 fully saturated rings. The Hall–Kier alpha value is -1.83. The Morgan fingerprint density at radius 2 is 1.05 bits per heavy atom. The lowest BCUT2D eigenvalue weighted by Gasteiger charge is -1.85. The Balaban J connectivity index is 3.49. The van der Waals surface area contributed by atoms with Crippen molar-refractivity contribution in [1.29, 1.82) is 0 Å². The van der Waals surface area contributed by atoms with Gasteiger partial charge in [0.1, 0.15) is 0 Å². The SMILES string of the molecule is CC/C=C/C/C=C/C/C=C/C/C=C/C/C=C/CC(=O)O. The molecular formula is C18H26O2. The highest BCUT2D eigenvalue weighted by atomic mass is 16.4. The average Bonchev–Trinajstić information content (AvgIpc) is 2.43. The van der Waals surface area contributed by atoms with Crippen molar-refractivity contribution >= 4 is 5.97 Å². The van der Waals surface area contributed by atoms with E-state index in [1.807, 2.05) is 12.2 Å². The summed E-state index contributed by atoms with van der Waals surface area (Å²) in [6.07, 6.45) is 25.6. The van der Waals surface area contributed by atoms with Crippen LogP contribution in [-0.4, -0.2) is 11.1 Å². The average molecular weight is 274 g/mol. The fraction of sp³-hybridized carbons (Fsp3) is 0.389. The third-order valence-electron chi connectivity index (χ3n) is 2.45. The minimum atomic E-state index is -0.786. The van der Waals surface area contributed by atoms with Crippen molar-refractivity contribution in [2.24, 2.45) is 0 Å². The van der Waals surface area contributed by atoms with Gasteiger partial charge >= 0.3 is 5.97 Å². The predicted molar refractivity (Wildman–Crippen MR) is 86.7 cm³/mol. The Labute approximate surface area is 122 Å². The zero-order valence-electron chi connectivity index (χ0n) is 12.4. The molecule has 1 N–H and O–H groups in total. The fourth-order valence-electron chi connectivity index (χ4n) is 1.43. The lowest BCUT2D eigenvalue weighted by atomic mass is 10.2. The van der Waals surface area contributed by atoms with E-state index in [0.29, 0.717) is 0 Å². The molecule has 0 aliphatic heterocycles. The van der Waals surface area contributed by atoms with Crippen LogP contribution in [0.15, 0.2) is 60.8 Å². The number of carboxylic acid groups (broad SMARTS) is 1. The zero-order chi connectivity index (χ0) is 14.9. The Morgan fingerprint density at radius 1 is 0.700 bits per heavy atom. The summed E-state index contributed by atoms with van der Waals surface area (Å²) in [4.78, 5) is 10.2. The maximum Gasteiger partial charge on any atom is 0.307 e. The summed E-state index contributed by atoms with van der Waals surface area (Å²) in [6, 6.07) is 0. The first-order chi connectivity index (χ1) is 9.77. The molecule has 0 radical (unpaired) electrons. The predicted octanol–water partition coefficient (Wildman–Crippen LogP) is 5.21. The first-order valence-corrected chi connectivity index (χ1v) is 7.24. The maximum absolute atomic E-state index is 10.2. The Morgan fingerprint density at radius 3 is 1.40 bits per heavy atom. The molecule has 20 heavy (non-hydrogen) atoms. The molecule has 0 atom stereocenters. The topological polar surface area (TPSA) is 37.3 Å². The zero-order valence-corrected chi connectivity index (χ0v) is 12.4. The molecule has 110 valence electrons. The van der Waals surface area contributed by atoms with Crippen molar-refractivity contribution in [1.82, 2.24) is 0 Å². The molecule has 0 aromatic heterocycles. The van der Waals surface area contributed by atoms with E-state index in [4.69, 9.17) is 5.11 Å². The van der Waals surface area contributed by atoms with Crippen LogP contribution in [0.25, 0.3) is 0 Å². The van der Waals surface area contributed by atoms with E-state index in [2.05, 4.69) is 49.5 Å². The first kappa shape index (κ1) is 18.2. The van der Waals surface area contributed by atoms with E-state index in [-0.39, 0.29) is 6.42 Å². The van der Waals surface area contributed by atoms with Gasteiger partial charge in [-0.25, -0.2) is 0 Å². The van der Waals surface area contributed by atoms with Crippen LogP contribution in [0.2, 0.25) is 0 Å². The second-order valence-corrected chi connectivity index (χ2v) is 4.31. The molecule has 0 spiro atoms. The molecule has 0 bridgehead atoms. The van der Waals surface area contributed by atoms with Crippen LogP contribution < -0.4 is 0 Å². The quantitative estimate of drug-likeness (QED) is 0.525. The Kier molecular flexibility index (Phi) is 13.8. The lowest BCUT2D eigenvalue weighted by Crippen LogP contribution is -1.89. The van der Waals surface area contributed by atoms with Gasteiger partial charge in [0.25, 0.3) is 0 Å². The molecule has 0 rings (SSSR count). The van der Waals surface area contributed by atoms with Crippen LogP contribution in [0, 0.1) is 0 Å². The van der Waals surface area contributed by atoms with Crippen molar-refractivity contribution < 1.29 is 9.90 Å². The van der Waals surface area contributed by atoms with Crippen molar-refractivity contribution in [3.8, 4) is 0 Å². The number of hydrogen-bond acceptors (Lipinski definition) is 1. The largest absolute Gasteiger partial charge is 0.481 e. The summed E-state index contributed by atoms with van der Waals surface area (Å²) in [5.41, 5.74) is 0. The Bertz CT molecular complexity index is 371. The molecule has 2 heteroatoms. The van der Waals surface area contributed by atoms with Gasteiger partial charge in [0.05, 0.1) is 6.42 Å². The van der Waals surface area contributed by atoms with Crippen LogP contribution in [0.3, 0.4) is 0 Å². The summed E-state index contributed by atoms with van der Waals surface area (Å²) in [6.45, 7) is 2.14. The molecule has 0 aromatic carbocycles. The number of hydrogen-bond donors (Lipinski definition) is 1. The smallest absolute Gasteiger partial charge is 0.307 e. The molecule has 0 aromatic rings. The van der Waals surface area contributed by atoms with E-state index in [0.717, 1.165) is 32.1 Å². The highest BCUT2D eigenvalue weighted by Gasteiger charge is 1.87. The van der Waals surface area contributed by atoms with E-state index < -0.39 is 5.97 Å². The summed E-state index contributed by atoms with van der Waals surface area (Å²) in [7, 11) is 0. The summed E-state index contributed by atoms with van der Waals surface area (Å²) in [5.74, 6) is -0.786. The third kappa shape index (κ3) is 16.2. The maximum atomic E-state index is 10.2. The summed E-state index contributed by atoms with van der Waals surface area (Å²) >= 11 is 0. The van der Waals surface area contributed by atoms with Crippen molar-refractivity contribution in [2.75, 3.05) is 0 Å². The van der Waals surface area contributed by atoms with Gasteiger partial charge in [-0.3, -0.25) is 4.79 Å². The van der Waals surface area contributed by atoms with Gasteiger partial charge < -0.3 is 5.11 Å². The van der Waals surface area contributed by atoms with Crippen LogP contribution >= 0.6 is 0 Å². The van der Waals surface area contributed by atoms with E-state index >= 15 is 0 Å². The van der Waals surface area contributed by atoms with Gasteiger partial charge in [0, 0.05) is 0 Å². The van der Waals surface area contributed by atoms with Gasteiger partial charge in [-0.05, 0) is 32.1 Å². The molecule has 0 heterocycles. The number of carbonyl (C=O) groups is 1. The highest BCUT2D eigenvalue weighted by molar-refractivity contribution is 5.68. The number of carboxylic acids is 1. The van der Waals surface area contributed by atoms with E-state index in [1.54, 1.807) is 6.08 Å². The second-order valence-electron chi connectivity index (χ2n) is 4.31. The van der Waals surface area contributed by atoms with E-state index in [9.17, 15) is 4.79 Å². The standard InChI is InChI=1S/C18H26O2/c1-2-3-4-5-6-7-8-9-10-11-12-13-14-15-16-17-18(19)20/h3-4,6-7,9-10,12-13,15-16H,2,5,8,11,14,17H2,1H3,(H,19,20)/b4-3+,7-6+,10-9+,13-12+,16-15+. The van der Waals surface area contributed by atoms with E-state index in [1.165, 1.54) is 0 Å². The molecule has 0 aliphatic carbocycles. The van der Waals surface area contributed by atoms with Crippen molar-refractivity contribution in [3.63, 3.8) is 0 Å². The van der Waals surface area contributed by atoms with Crippen LogP contribution in [0.1, 0.15) is 45.4 Å². The minimum Gasteiger partial charge on any atom is -0.481 e. The highest BCUT2D eigenvalue weighted by Crippen LogP contribution is 1.95. The summed E-state index contributed by atoms with van der Waals surface area (Å²) in [5, 5.41) is 8.43. The third-order valence-corrected chi connectivity index (χ3v) is 2.45. The van der Waals surface area contributed by atoms with Crippen LogP contribution in [0.5, 0.6) is 0 Å². The monoisotopic (exact) mass is 274 g/mol. The van der Waals surface area contributed by atoms with Gasteiger partial charge in [-0.1, -0.05) is 67.7 Å². The molecule has 2 nitrogen and oxygen atoms in total. The van der Waals surface area contributed by atoms with Crippen molar-refractivity contribution in [3.05, 3.63) is 60.8 Å².